The van der Waals surface area contributed by atoms with Crippen LogP contribution in [0.15, 0.2) is 11.6 Å². The predicted molar refractivity (Wildman–Crippen MR) is 68.0 cm³/mol. The lowest BCUT2D eigenvalue weighted by molar-refractivity contribution is 0.0339. The van der Waals surface area contributed by atoms with Crippen molar-refractivity contribution in [1.29, 1.82) is 5.26 Å². The summed E-state index contributed by atoms with van der Waals surface area (Å²) in [4.78, 5) is 2.45. The van der Waals surface area contributed by atoms with Crippen molar-refractivity contribution in [1.82, 2.24) is 4.90 Å². The highest BCUT2D eigenvalue weighted by Gasteiger charge is 2.34. The van der Waals surface area contributed by atoms with Crippen molar-refractivity contribution >= 4 is 0 Å². The van der Waals surface area contributed by atoms with E-state index in [1.54, 1.807) is 0 Å². The Labute approximate surface area is 99.9 Å². The molecular formula is C14H24N2. The molecule has 1 rings (SSSR count). The minimum Gasteiger partial charge on any atom is -0.297 e. The van der Waals surface area contributed by atoms with Crippen molar-refractivity contribution in [3.05, 3.63) is 11.6 Å². The van der Waals surface area contributed by atoms with Gasteiger partial charge in [-0.25, -0.2) is 0 Å². The van der Waals surface area contributed by atoms with Crippen LogP contribution in [0.2, 0.25) is 0 Å². The molecule has 0 aromatic carbocycles. The van der Waals surface area contributed by atoms with Crippen LogP contribution in [0.25, 0.3) is 0 Å². The van der Waals surface area contributed by atoms with Crippen LogP contribution in [0, 0.1) is 22.7 Å². The average molecular weight is 220 g/mol. The summed E-state index contributed by atoms with van der Waals surface area (Å²) in [5.41, 5.74) is 1.17. The van der Waals surface area contributed by atoms with Crippen molar-refractivity contribution in [2.45, 2.75) is 47.1 Å². The van der Waals surface area contributed by atoms with E-state index >= 15 is 0 Å². The smallest absolute Gasteiger partial charge is 0.0949 e. The number of rotatable bonds is 1. The molecule has 0 bridgehead atoms. The van der Waals surface area contributed by atoms with Crippen molar-refractivity contribution in [2.24, 2.45) is 11.3 Å². The van der Waals surface area contributed by atoms with E-state index in [0.717, 1.165) is 18.7 Å². The van der Waals surface area contributed by atoms with Crippen LogP contribution in [-0.4, -0.2) is 23.5 Å². The zero-order valence-corrected chi connectivity index (χ0v) is 11.5. The molecule has 16 heavy (non-hydrogen) atoms. The minimum atomic E-state index is -0.0170. The van der Waals surface area contributed by atoms with Crippen LogP contribution in [0.3, 0.4) is 0 Å². The predicted octanol–water partition coefficient (Wildman–Crippen LogP) is 3.21. The average Bonchev–Trinajstić information content (AvgIpc) is 1.96. The zero-order chi connectivity index (χ0) is 12.6. The highest BCUT2D eigenvalue weighted by Crippen LogP contribution is 2.31. The van der Waals surface area contributed by atoms with E-state index in [2.05, 4.69) is 58.6 Å². The van der Waals surface area contributed by atoms with Crippen molar-refractivity contribution < 1.29 is 0 Å². The highest BCUT2D eigenvalue weighted by atomic mass is 15.2. The fourth-order valence-corrected chi connectivity index (χ4v) is 1.86. The maximum atomic E-state index is 9.12. The molecule has 0 N–H and O–H groups in total. The van der Waals surface area contributed by atoms with Crippen LogP contribution in [0.1, 0.15) is 41.5 Å². The molecule has 0 aromatic heterocycles. The van der Waals surface area contributed by atoms with Crippen LogP contribution in [0.4, 0.5) is 0 Å². The molecule has 1 aliphatic rings. The van der Waals surface area contributed by atoms with Crippen LogP contribution in [0.5, 0.6) is 0 Å². The summed E-state index contributed by atoms with van der Waals surface area (Å²) in [6.07, 6.45) is 2.17. The van der Waals surface area contributed by atoms with Crippen molar-refractivity contribution in [3.8, 4) is 6.07 Å². The summed E-state index contributed by atoms with van der Waals surface area (Å²) in [6, 6.07) is 2.34. The minimum absolute atomic E-state index is 0.0170. The summed E-state index contributed by atoms with van der Waals surface area (Å²) in [7, 11) is 0. The van der Waals surface area contributed by atoms with E-state index in [-0.39, 0.29) is 11.0 Å². The first kappa shape index (κ1) is 13.3. The van der Waals surface area contributed by atoms with E-state index in [1.165, 1.54) is 0 Å². The van der Waals surface area contributed by atoms with Gasteiger partial charge < -0.3 is 0 Å². The third-order valence-corrected chi connectivity index (χ3v) is 3.19. The Kier molecular flexibility index (Phi) is 3.50. The molecule has 2 nitrogen and oxygen atoms in total. The number of hydrogen-bond acceptors (Lipinski definition) is 2. The summed E-state index contributed by atoms with van der Waals surface area (Å²) in [5.74, 6) is 0.563. The Morgan fingerprint density at radius 1 is 1.19 bits per heavy atom. The Bertz CT molecular complexity index is 314. The Morgan fingerprint density at radius 2 is 1.69 bits per heavy atom. The lowest BCUT2D eigenvalue weighted by atomic mass is 9.83. The van der Waals surface area contributed by atoms with Gasteiger partial charge in [0.25, 0.3) is 0 Å². The normalized spacial score (nSPS) is 20.4. The van der Waals surface area contributed by atoms with Gasteiger partial charge in [0.15, 0.2) is 0 Å². The molecule has 1 heterocycles. The van der Waals surface area contributed by atoms with Crippen molar-refractivity contribution in [3.63, 3.8) is 0 Å². The van der Waals surface area contributed by atoms with Gasteiger partial charge in [0.05, 0.1) is 6.07 Å². The fourth-order valence-electron chi connectivity index (χ4n) is 1.86. The second-order valence-corrected chi connectivity index (χ2v) is 6.78. The summed E-state index contributed by atoms with van der Waals surface area (Å²) in [6.45, 7) is 15.2. The lowest BCUT2D eigenvalue weighted by Crippen LogP contribution is -2.55. The first-order valence-corrected chi connectivity index (χ1v) is 6.02. The Balaban J connectivity index is 2.60. The molecule has 1 aliphatic heterocycles. The molecule has 0 aliphatic carbocycles. The Hall–Kier alpha value is -0.810. The maximum absolute atomic E-state index is 9.12. The lowest BCUT2D eigenvalue weighted by Gasteiger charge is -2.47. The molecule has 90 valence electrons. The molecule has 0 unspecified atom stereocenters. The molecule has 0 spiro atoms. The molecule has 0 atom stereocenters. The van der Waals surface area contributed by atoms with Gasteiger partial charge >= 0.3 is 0 Å². The van der Waals surface area contributed by atoms with Gasteiger partial charge in [-0.3, -0.25) is 4.90 Å². The van der Waals surface area contributed by atoms with E-state index < -0.39 is 0 Å². The van der Waals surface area contributed by atoms with E-state index in [4.69, 9.17) is 5.26 Å². The van der Waals surface area contributed by atoms with E-state index in [0.29, 0.717) is 5.92 Å². The summed E-state index contributed by atoms with van der Waals surface area (Å²) in [5, 5.41) is 9.12. The number of nitriles is 1. The van der Waals surface area contributed by atoms with Gasteiger partial charge in [-0.15, -0.1) is 0 Å². The fraction of sp³-hybridized carbons (Fsp3) is 0.786. The van der Waals surface area contributed by atoms with Gasteiger partial charge in [-0.05, 0) is 26.2 Å². The molecule has 0 amide bonds. The second kappa shape index (κ2) is 4.22. The monoisotopic (exact) mass is 220 g/mol. The zero-order valence-electron chi connectivity index (χ0n) is 11.5. The highest BCUT2D eigenvalue weighted by molar-refractivity contribution is 5.28. The molecule has 0 saturated carbocycles. The first-order valence-electron chi connectivity index (χ1n) is 6.02. The second-order valence-electron chi connectivity index (χ2n) is 6.78. The summed E-state index contributed by atoms with van der Waals surface area (Å²) < 4.78 is 0. The topological polar surface area (TPSA) is 27.0 Å². The van der Waals surface area contributed by atoms with Crippen LogP contribution in [-0.2, 0) is 0 Å². The molecule has 1 saturated heterocycles. The standard InChI is InChI=1S/C14H24N2/c1-13(2,3)12(8-15)7-11-9-16(10-11)14(4,5)6/h7,11H,9-10H2,1-6H3/b12-7+. The van der Waals surface area contributed by atoms with E-state index in [9.17, 15) is 0 Å². The SMILES string of the molecule is CC(C)(C)/C(C#N)=C/C1CN(C(C)(C)C)C1. The third-order valence-electron chi connectivity index (χ3n) is 3.19. The molecule has 0 aromatic rings. The first-order chi connectivity index (χ1) is 7.14. The molecule has 2 heteroatoms. The molecular weight excluding hydrogens is 196 g/mol. The quantitative estimate of drug-likeness (QED) is 0.634. The summed E-state index contributed by atoms with van der Waals surface area (Å²) >= 11 is 0. The number of hydrogen-bond donors (Lipinski definition) is 0. The van der Waals surface area contributed by atoms with Gasteiger partial charge in [0, 0.05) is 30.1 Å². The Morgan fingerprint density at radius 3 is 2.00 bits per heavy atom. The molecule has 0 radical (unpaired) electrons. The third kappa shape index (κ3) is 3.09. The van der Waals surface area contributed by atoms with E-state index in [1.807, 2.05) is 0 Å². The van der Waals surface area contributed by atoms with Crippen LogP contribution < -0.4 is 0 Å². The van der Waals surface area contributed by atoms with Crippen molar-refractivity contribution in [2.75, 3.05) is 13.1 Å². The number of allylic oxidation sites excluding steroid dienone is 1. The number of nitrogens with zero attached hydrogens (tertiary/aromatic N) is 2. The van der Waals surface area contributed by atoms with Gasteiger partial charge in [0.2, 0.25) is 0 Å². The van der Waals surface area contributed by atoms with Crippen LogP contribution >= 0.6 is 0 Å². The van der Waals surface area contributed by atoms with Gasteiger partial charge in [-0.1, -0.05) is 26.8 Å². The number of likely N-dealkylation sites (tertiary alicyclic amines) is 1. The maximum Gasteiger partial charge on any atom is 0.0949 e. The molecule has 1 fully saturated rings. The van der Waals surface area contributed by atoms with Gasteiger partial charge in [-0.2, -0.15) is 5.26 Å². The van der Waals surface area contributed by atoms with Gasteiger partial charge in [0.1, 0.15) is 0 Å². The largest absolute Gasteiger partial charge is 0.297 e.